The first-order valence-electron chi connectivity index (χ1n) is 12.7. The van der Waals surface area contributed by atoms with E-state index in [4.69, 9.17) is 21.9 Å². The van der Waals surface area contributed by atoms with E-state index < -0.39 is 18.0 Å². The summed E-state index contributed by atoms with van der Waals surface area (Å²) < 4.78 is 4.84. The Kier molecular flexibility index (Phi) is 22.6. The fourth-order valence-electron chi connectivity index (χ4n) is 3.82. The first kappa shape index (κ1) is 35.5. The van der Waals surface area contributed by atoms with Crippen LogP contribution in [-0.4, -0.2) is 68.2 Å². The van der Waals surface area contributed by atoms with Gasteiger partial charge in [0.05, 0.1) is 0 Å². The molecule has 0 aromatic heterocycles. The van der Waals surface area contributed by atoms with Gasteiger partial charge in [-0.1, -0.05) is 78.2 Å². The third-order valence-corrected chi connectivity index (χ3v) is 5.98. The molecule has 0 bridgehead atoms. The minimum atomic E-state index is -0.865. The number of rotatable bonds is 18. The predicted molar refractivity (Wildman–Crippen MR) is 145 cm³/mol. The number of hydrogen-bond acceptors (Lipinski definition) is 5. The molecule has 0 heterocycles. The molecule has 1 unspecified atom stereocenters. The number of nitrogens with zero attached hydrogens (tertiary/aromatic N) is 1. The van der Waals surface area contributed by atoms with Crippen molar-refractivity contribution in [1.82, 2.24) is 0 Å². The monoisotopic (exact) mass is 508 g/mol. The van der Waals surface area contributed by atoms with Crippen LogP contribution in [0.1, 0.15) is 108 Å². The van der Waals surface area contributed by atoms with Crippen molar-refractivity contribution in [2.45, 2.75) is 111 Å². The molecule has 0 saturated carbocycles. The third kappa shape index (κ3) is 21.9. The van der Waals surface area contributed by atoms with Crippen molar-refractivity contribution in [3.05, 3.63) is 11.6 Å². The van der Waals surface area contributed by atoms with E-state index in [1.54, 1.807) is 0 Å². The average Bonchev–Trinajstić information content (AvgIpc) is 2.70. The fourth-order valence-corrected chi connectivity index (χ4v) is 3.82. The molecular weight excluding hydrogens is 456 g/mol. The van der Waals surface area contributed by atoms with Gasteiger partial charge in [-0.15, -0.1) is 0 Å². The Morgan fingerprint density at radius 3 is 1.94 bits per heavy atom. The Labute approximate surface area is 241 Å². The quantitative estimate of drug-likeness (QED) is 0.0468. The van der Waals surface area contributed by atoms with Crippen LogP contribution >= 0.6 is 0 Å². The zero-order valence-corrected chi connectivity index (χ0v) is 24.7. The van der Waals surface area contributed by atoms with Crippen molar-refractivity contribution in [2.24, 2.45) is 39.9 Å². The first-order valence-corrected chi connectivity index (χ1v) is 12.7. The molecule has 0 fully saturated rings. The van der Waals surface area contributed by atoms with Crippen molar-refractivity contribution < 1.29 is 17.2 Å². The van der Waals surface area contributed by atoms with Crippen LogP contribution in [-0.2, 0) is 14.3 Å². The van der Waals surface area contributed by atoms with Gasteiger partial charge in [0, 0.05) is 12.6 Å². The molecule has 0 aromatic carbocycles. The Hall–Kier alpha value is -0.630. The summed E-state index contributed by atoms with van der Waals surface area (Å²) >= 11 is 0. The number of nitrogens with two attached hydrogens (primary N) is 3. The molecule has 0 aliphatic carbocycles. The number of guanidine groups is 1. The number of allylic oxidation sites excluding steroid dienone is 1. The number of carbonyl (C=O) groups excluding carboxylic acids is 2. The first-order chi connectivity index (χ1) is 15.5. The second-order valence-electron chi connectivity index (χ2n) is 10.1. The molecule has 7 nitrogen and oxygen atoms in total. The molecule has 0 radical (unpaired) electrons. The van der Waals surface area contributed by atoms with Gasteiger partial charge in [-0.05, 0) is 50.4 Å². The van der Waals surface area contributed by atoms with E-state index in [1.165, 1.54) is 44.6 Å². The Balaban J connectivity index is -0.00000171. The van der Waals surface area contributed by atoms with Gasteiger partial charge in [0.15, 0.2) is 5.96 Å². The summed E-state index contributed by atoms with van der Waals surface area (Å²) in [6.07, 6.45) is 13.2. The van der Waals surface area contributed by atoms with Gasteiger partial charge in [0.2, 0.25) is 0 Å². The van der Waals surface area contributed by atoms with Crippen molar-refractivity contribution in [3.8, 4) is 0 Å². The second-order valence-corrected chi connectivity index (χ2v) is 10.1. The van der Waals surface area contributed by atoms with Gasteiger partial charge in [-0.2, -0.15) is 0 Å². The van der Waals surface area contributed by atoms with Gasteiger partial charge >= 0.3 is 49.7 Å². The van der Waals surface area contributed by atoms with Crippen LogP contribution in [0.3, 0.4) is 0 Å². The van der Waals surface area contributed by atoms with Crippen LogP contribution in [0, 0.1) is 17.8 Å². The molecule has 3 atom stereocenters. The number of aliphatic imine (C=N–C) groups is 1. The van der Waals surface area contributed by atoms with E-state index in [9.17, 15) is 9.59 Å². The Bertz CT molecular complexity index is 630. The van der Waals surface area contributed by atoms with Crippen LogP contribution in [0.4, 0.5) is 0 Å². The normalized spacial score (nSPS) is 14.1. The molecule has 0 spiro atoms. The zero-order chi connectivity index (χ0) is 25.2. The average molecular weight is 509 g/mol. The van der Waals surface area contributed by atoms with E-state index in [0.29, 0.717) is 25.3 Å². The van der Waals surface area contributed by atoms with E-state index in [1.807, 2.05) is 6.92 Å². The van der Waals surface area contributed by atoms with Crippen LogP contribution in [0.15, 0.2) is 16.6 Å². The Morgan fingerprint density at radius 1 is 0.882 bits per heavy atom. The molecule has 0 aromatic rings. The second kappa shape index (κ2) is 21.6. The van der Waals surface area contributed by atoms with Crippen LogP contribution in [0.25, 0.3) is 0 Å². The molecule has 0 amide bonds. The summed E-state index contributed by atoms with van der Waals surface area (Å²) in [5.41, 5.74) is 17.2. The van der Waals surface area contributed by atoms with Crippen molar-refractivity contribution in [2.75, 3.05) is 6.54 Å². The van der Waals surface area contributed by atoms with Gasteiger partial charge < -0.3 is 24.8 Å². The van der Waals surface area contributed by atoms with Gasteiger partial charge in [0.25, 0.3) is 0 Å². The number of esters is 2. The molecule has 6 N–H and O–H groups in total. The maximum absolute atomic E-state index is 12.0. The summed E-state index contributed by atoms with van der Waals surface area (Å²) in [6.45, 7) is 11.5. The maximum atomic E-state index is 12.0. The minimum absolute atomic E-state index is 0. The fraction of sp³-hybridized carbons (Fsp3) is 0.808. The van der Waals surface area contributed by atoms with E-state index >= 15 is 0 Å². The van der Waals surface area contributed by atoms with Crippen LogP contribution in [0.5, 0.6) is 0 Å². The summed E-state index contributed by atoms with van der Waals surface area (Å²) in [7, 11) is 0. The molecule has 0 rings (SSSR count). The molecular formula is C26H52CaN4O3. The van der Waals surface area contributed by atoms with E-state index in [2.05, 4.69) is 32.7 Å². The summed E-state index contributed by atoms with van der Waals surface area (Å²) in [6, 6.07) is -0.865. The Morgan fingerprint density at radius 2 is 1.41 bits per heavy atom. The van der Waals surface area contributed by atoms with Crippen molar-refractivity contribution in [3.63, 3.8) is 0 Å². The summed E-state index contributed by atoms with van der Waals surface area (Å²) in [5.74, 6) is 0.936. The molecule has 196 valence electrons. The summed E-state index contributed by atoms with van der Waals surface area (Å²) in [4.78, 5) is 27.7. The third-order valence-electron chi connectivity index (χ3n) is 5.98. The topological polar surface area (TPSA) is 134 Å². The SMILES string of the molecule is C/C(=C\C(=O)OC(=O)C(N)CCCN=C(N)N)CCC[C@H](C)CCC[C@H](C)CCCC(C)C.[Ca+2].[H-].[H-]. The smallest absolute Gasteiger partial charge is 1.00 e. The van der Waals surface area contributed by atoms with Crippen molar-refractivity contribution >= 4 is 55.6 Å². The largest absolute Gasteiger partial charge is 2.00 e. The van der Waals surface area contributed by atoms with Gasteiger partial charge in [-0.3, -0.25) is 4.99 Å². The number of hydrogen-bond donors (Lipinski definition) is 3. The minimum Gasteiger partial charge on any atom is -1.00 e. The van der Waals surface area contributed by atoms with Gasteiger partial charge in [0.1, 0.15) is 6.04 Å². The zero-order valence-electron chi connectivity index (χ0n) is 24.5. The summed E-state index contributed by atoms with van der Waals surface area (Å²) in [5, 5.41) is 0. The molecule has 0 saturated heterocycles. The van der Waals surface area contributed by atoms with E-state index in [-0.39, 0.29) is 46.6 Å². The van der Waals surface area contributed by atoms with Crippen molar-refractivity contribution in [1.29, 1.82) is 0 Å². The maximum Gasteiger partial charge on any atom is 2.00 e. The molecule has 0 aliphatic rings. The molecule has 8 heteroatoms. The molecule has 34 heavy (non-hydrogen) atoms. The number of carbonyl (C=O) groups is 2. The molecule has 0 aliphatic heterocycles. The standard InChI is InChI=1S/C26H50N4O3.Ca.2H/c1-19(2)10-6-11-20(3)12-7-13-21(4)14-8-15-22(5)18-24(31)33-25(32)23(27)16-9-17-30-26(28)29;;;/h18-21,23H,6-17,27H2,1-5H3,(H4,28,29,30);;;/q;+2;2*-1/b22-18+;;;/t20-,21-,23?;;;/m1.../s1. The number of ether oxygens (including phenoxy) is 1. The van der Waals surface area contributed by atoms with E-state index in [0.717, 1.165) is 36.7 Å². The van der Waals surface area contributed by atoms with Gasteiger partial charge in [-0.25, -0.2) is 9.59 Å². The van der Waals surface area contributed by atoms with Crippen LogP contribution < -0.4 is 17.2 Å². The van der Waals surface area contributed by atoms with Crippen LogP contribution in [0.2, 0.25) is 0 Å². The predicted octanol–water partition coefficient (Wildman–Crippen LogP) is 4.67.